The molecule has 0 aromatic heterocycles. The monoisotopic (exact) mass is 460 g/mol. The Hall–Kier alpha value is -4.59. The number of hydrogen-bond acceptors (Lipinski definition) is 6. The van der Waals surface area contributed by atoms with Crippen molar-refractivity contribution in [3.8, 4) is 11.5 Å². The van der Waals surface area contributed by atoms with Crippen LogP contribution in [0.5, 0.6) is 11.5 Å². The summed E-state index contributed by atoms with van der Waals surface area (Å²) in [5, 5.41) is 5.29. The van der Waals surface area contributed by atoms with Gasteiger partial charge in [0.1, 0.15) is 11.5 Å². The molecule has 8 heteroatoms. The van der Waals surface area contributed by atoms with Crippen LogP contribution in [-0.4, -0.2) is 38.6 Å². The number of para-hydroxylation sites is 1. The third-order valence-corrected chi connectivity index (χ3v) is 4.66. The lowest BCUT2D eigenvalue weighted by molar-refractivity contribution is -0.119. The summed E-state index contributed by atoms with van der Waals surface area (Å²) < 4.78 is 15.3. The lowest BCUT2D eigenvalue weighted by Gasteiger charge is -2.10. The third-order valence-electron chi connectivity index (χ3n) is 4.66. The van der Waals surface area contributed by atoms with E-state index in [0.29, 0.717) is 17.2 Å². The smallest absolute Gasteiger partial charge is 0.340 e. The summed E-state index contributed by atoms with van der Waals surface area (Å²) in [6, 6.07) is 20.3. The lowest BCUT2D eigenvalue weighted by atomic mass is 10.1. The van der Waals surface area contributed by atoms with Crippen LogP contribution < -0.4 is 20.1 Å². The van der Waals surface area contributed by atoms with Crippen LogP contribution >= 0.6 is 0 Å². The molecule has 0 radical (unpaired) electrons. The molecule has 0 atom stereocenters. The quantitative estimate of drug-likeness (QED) is 0.367. The van der Waals surface area contributed by atoms with Crippen LogP contribution in [0.3, 0.4) is 0 Å². The van der Waals surface area contributed by atoms with Gasteiger partial charge in [-0.2, -0.15) is 0 Å². The summed E-state index contributed by atoms with van der Waals surface area (Å²) in [7, 11) is 3.12. The summed E-state index contributed by atoms with van der Waals surface area (Å²) in [6.07, 6.45) is 2.99. The fourth-order valence-corrected chi connectivity index (χ4v) is 2.91. The van der Waals surface area contributed by atoms with Gasteiger partial charge in [-0.3, -0.25) is 9.59 Å². The molecular weight excluding hydrogens is 436 g/mol. The molecule has 2 N–H and O–H groups in total. The molecule has 0 heterocycles. The van der Waals surface area contributed by atoms with Gasteiger partial charge >= 0.3 is 5.97 Å². The van der Waals surface area contributed by atoms with E-state index in [9.17, 15) is 14.4 Å². The SMILES string of the molecule is COc1ccc(/C=C/C(=O)Nc2ccccc2C(=O)OCC(=O)Nc2ccc(OC)cc2)cc1. The van der Waals surface area contributed by atoms with Crippen LogP contribution in [0.25, 0.3) is 6.08 Å². The normalized spacial score (nSPS) is 10.4. The van der Waals surface area contributed by atoms with Crippen LogP contribution in [0.1, 0.15) is 15.9 Å². The van der Waals surface area contributed by atoms with Crippen LogP contribution in [0.2, 0.25) is 0 Å². The Morgan fingerprint density at radius 2 is 1.41 bits per heavy atom. The van der Waals surface area contributed by atoms with Gasteiger partial charge in [-0.15, -0.1) is 0 Å². The van der Waals surface area contributed by atoms with E-state index in [1.807, 2.05) is 12.1 Å². The molecule has 2 amide bonds. The molecule has 0 unspecified atom stereocenters. The summed E-state index contributed by atoms with van der Waals surface area (Å²) >= 11 is 0. The number of carbonyl (C=O) groups is 3. The van der Waals surface area contributed by atoms with Gasteiger partial charge in [-0.25, -0.2) is 4.79 Å². The van der Waals surface area contributed by atoms with Gasteiger partial charge in [0.15, 0.2) is 6.61 Å². The molecule has 34 heavy (non-hydrogen) atoms. The van der Waals surface area contributed by atoms with Gasteiger partial charge in [0.25, 0.3) is 5.91 Å². The zero-order chi connectivity index (χ0) is 24.3. The van der Waals surface area contributed by atoms with Gasteiger partial charge in [-0.05, 0) is 60.2 Å². The van der Waals surface area contributed by atoms with Crippen LogP contribution in [0.15, 0.2) is 78.9 Å². The van der Waals surface area contributed by atoms with Gasteiger partial charge in [0.2, 0.25) is 5.91 Å². The Morgan fingerprint density at radius 3 is 2.06 bits per heavy atom. The van der Waals surface area contributed by atoms with Crippen LogP contribution in [0, 0.1) is 0 Å². The Balaban J connectivity index is 1.56. The van der Waals surface area contributed by atoms with Gasteiger partial charge < -0.3 is 24.8 Å². The van der Waals surface area contributed by atoms with Crippen LogP contribution in [0.4, 0.5) is 11.4 Å². The van der Waals surface area contributed by atoms with Crippen molar-refractivity contribution in [3.63, 3.8) is 0 Å². The van der Waals surface area contributed by atoms with Crippen LogP contribution in [-0.2, 0) is 14.3 Å². The maximum absolute atomic E-state index is 12.5. The number of ether oxygens (including phenoxy) is 3. The fraction of sp³-hybridized carbons (Fsp3) is 0.115. The topological polar surface area (TPSA) is 103 Å². The number of esters is 1. The molecule has 174 valence electrons. The Kier molecular flexibility index (Phi) is 8.40. The summed E-state index contributed by atoms with van der Waals surface area (Å²) in [5.74, 6) is -0.288. The molecule has 0 spiro atoms. The fourth-order valence-electron chi connectivity index (χ4n) is 2.91. The highest BCUT2D eigenvalue weighted by Gasteiger charge is 2.15. The minimum absolute atomic E-state index is 0.131. The maximum Gasteiger partial charge on any atom is 0.340 e. The average Bonchev–Trinajstić information content (AvgIpc) is 2.87. The van der Waals surface area contributed by atoms with Crippen molar-refractivity contribution in [2.75, 3.05) is 31.5 Å². The minimum atomic E-state index is -0.736. The average molecular weight is 460 g/mol. The summed E-state index contributed by atoms with van der Waals surface area (Å²) in [6.45, 7) is -0.482. The second-order valence-corrected chi connectivity index (χ2v) is 6.99. The molecule has 0 bridgehead atoms. The van der Waals surface area contributed by atoms with E-state index in [-0.39, 0.29) is 11.3 Å². The number of hydrogen-bond donors (Lipinski definition) is 2. The van der Waals surface area contributed by atoms with E-state index >= 15 is 0 Å². The molecule has 3 rings (SSSR count). The van der Waals surface area contributed by atoms with E-state index < -0.39 is 24.4 Å². The van der Waals surface area contributed by atoms with E-state index in [4.69, 9.17) is 14.2 Å². The number of methoxy groups -OCH3 is 2. The minimum Gasteiger partial charge on any atom is -0.497 e. The molecule has 0 saturated heterocycles. The first-order valence-electron chi connectivity index (χ1n) is 10.3. The zero-order valence-corrected chi connectivity index (χ0v) is 18.7. The molecule has 0 aliphatic rings. The summed E-state index contributed by atoms with van der Waals surface area (Å²) in [4.78, 5) is 37.0. The second-order valence-electron chi connectivity index (χ2n) is 6.99. The van der Waals surface area contributed by atoms with E-state index in [1.165, 1.54) is 12.1 Å². The molecule has 3 aromatic rings. The predicted octanol–water partition coefficient (Wildman–Crippen LogP) is 4.15. The van der Waals surface area contributed by atoms with Gasteiger partial charge in [-0.1, -0.05) is 24.3 Å². The first-order valence-corrected chi connectivity index (χ1v) is 10.3. The number of nitrogens with one attached hydrogen (secondary N) is 2. The molecule has 0 aliphatic carbocycles. The second kappa shape index (κ2) is 11.9. The van der Waals surface area contributed by atoms with Crippen molar-refractivity contribution in [1.82, 2.24) is 0 Å². The first kappa shape index (κ1) is 24.1. The third kappa shape index (κ3) is 6.96. The molecule has 0 fully saturated rings. The highest BCUT2D eigenvalue weighted by atomic mass is 16.5. The van der Waals surface area contributed by atoms with Gasteiger partial charge in [0, 0.05) is 11.8 Å². The molecule has 0 saturated carbocycles. The summed E-state index contributed by atoms with van der Waals surface area (Å²) in [5.41, 5.74) is 1.75. The Morgan fingerprint density at radius 1 is 0.794 bits per heavy atom. The number of carbonyl (C=O) groups excluding carboxylic acids is 3. The molecule has 0 aliphatic heterocycles. The van der Waals surface area contributed by atoms with Gasteiger partial charge in [0.05, 0.1) is 25.5 Å². The molecule has 3 aromatic carbocycles. The maximum atomic E-state index is 12.5. The van der Waals surface area contributed by atoms with Crippen molar-refractivity contribution >= 4 is 35.2 Å². The van der Waals surface area contributed by atoms with E-state index in [2.05, 4.69) is 10.6 Å². The Labute approximate surface area is 197 Å². The molecular formula is C26H24N2O6. The predicted molar refractivity (Wildman–Crippen MR) is 129 cm³/mol. The lowest BCUT2D eigenvalue weighted by Crippen LogP contribution is -2.21. The number of anilines is 2. The zero-order valence-electron chi connectivity index (χ0n) is 18.7. The van der Waals surface area contributed by atoms with Crippen molar-refractivity contribution in [3.05, 3.63) is 90.0 Å². The van der Waals surface area contributed by atoms with Crippen molar-refractivity contribution in [2.45, 2.75) is 0 Å². The largest absolute Gasteiger partial charge is 0.497 e. The highest BCUT2D eigenvalue weighted by Crippen LogP contribution is 2.18. The van der Waals surface area contributed by atoms with Crippen molar-refractivity contribution in [1.29, 1.82) is 0 Å². The Bertz CT molecular complexity index is 1170. The molecule has 8 nitrogen and oxygen atoms in total. The first-order chi connectivity index (χ1) is 16.5. The van der Waals surface area contributed by atoms with Crippen molar-refractivity contribution in [2.24, 2.45) is 0 Å². The number of benzene rings is 3. The highest BCUT2D eigenvalue weighted by molar-refractivity contribution is 6.06. The van der Waals surface area contributed by atoms with Crippen molar-refractivity contribution < 1.29 is 28.6 Å². The van der Waals surface area contributed by atoms with E-state index in [1.54, 1.807) is 74.9 Å². The standard InChI is InChI=1S/C26H24N2O6/c1-32-20-12-7-18(8-13-20)9-16-24(29)28-23-6-4-3-5-22(23)26(31)34-17-25(30)27-19-10-14-21(33-2)15-11-19/h3-16H,17H2,1-2H3,(H,27,30)(H,28,29)/b16-9+. The van der Waals surface area contributed by atoms with E-state index in [0.717, 1.165) is 5.56 Å². The number of rotatable bonds is 9. The number of amides is 2.